The van der Waals surface area contributed by atoms with Gasteiger partial charge in [-0.1, -0.05) is 0 Å². The summed E-state index contributed by atoms with van der Waals surface area (Å²) < 4.78 is 2.00. The van der Waals surface area contributed by atoms with Crippen LogP contribution in [0.4, 0.5) is 5.69 Å². The van der Waals surface area contributed by atoms with Crippen molar-refractivity contribution in [2.24, 2.45) is 5.73 Å². The molecule has 3 heterocycles. The minimum Gasteiger partial charge on any atom is -0.363 e. The van der Waals surface area contributed by atoms with Crippen LogP contribution in [0.1, 0.15) is 32.6 Å². The second kappa shape index (κ2) is 3.77. The van der Waals surface area contributed by atoms with Crippen LogP contribution in [-0.2, 0) is 6.54 Å². The Bertz CT molecular complexity index is 359. The molecule has 0 amide bonds. The molecule has 2 aliphatic rings. The SMILES string of the molecule is CCn1cc(N2C3CCC2CC(N)C3)cn1. The topological polar surface area (TPSA) is 47.1 Å². The third-order valence-corrected chi connectivity index (χ3v) is 4.01. The Hall–Kier alpha value is -1.03. The maximum absolute atomic E-state index is 6.08. The van der Waals surface area contributed by atoms with Crippen molar-refractivity contribution in [3.63, 3.8) is 0 Å². The van der Waals surface area contributed by atoms with E-state index in [4.69, 9.17) is 5.73 Å². The van der Waals surface area contributed by atoms with Gasteiger partial charge in [0.05, 0.1) is 11.9 Å². The van der Waals surface area contributed by atoms with Crippen molar-refractivity contribution < 1.29 is 0 Å². The highest BCUT2D eigenvalue weighted by atomic mass is 15.3. The molecule has 88 valence electrons. The van der Waals surface area contributed by atoms with E-state index in [1.807, 2.05) is 10.9 Å². The standard InChI is InChI=1S/C12H20N4/c1-2-15-8-12(7-14-15)16-10-3-4-11(16)6-9(13)5-10/h7-11H,2-6,13H2,1H3. The van der Waals surface area contributed by atoms with Crippen LogP contribution >= 0.6 is 0 Å². The first-order chi connectivity index (χ1) is 7.78. The third-order valence-electron chi connectivity index (χ3n) is 4.01. The zero-order valence-corrected chi connectivity index (χ0v) is 9.84. The number of hydrogen-bond acceptors (Lipinski definition) is 3. The van der Waals surface area contributed by atoms with E-state index in [-0.39, 0.29) is 0 Å². The van der Waals surface area contributed by atoms with Gasteiger partial charge in [-0.15, -0.1) is 0 Å². The number of nitrogens with zero attached hydrogens (tertiary/aromatic N) is 3. The first-order valence-electron chi connectivity index (χ1n) is 6.34. The molecule has 2 fully saturated rings. The monoisotopic (exact) mass is 220 g/mol. The number of rotatable bonds is 2. The Morgan fingerprint density at radius 3 is 2.62 bits per heavy atom. The second-order valence-electron chi connectivity index (χ2n) is 5.08. The Balaban J connectivity index is 1.85. The zero-order valence-electron chi connectivity index (χ0n) is 9.84. The summed E-state index contributed by atoms with van der Waals surface area (Å²) in [5.41, 5.74) is 7.37. The summed E-state index contributed by atoms with van der Waals surface area (Å²) in [7, 11) is 0. The normalized spacial score (nSPS) is 33.4. The molecular weight excluding hydrogens is 200 g/mol. The van der Waals surface area contributed by atoms with Crippen molar-refractivity contribution in [2.75, 3.05) is 4.90 Å². The highest BCUT2D eigenvalue weighted by molar-refractivity contribution is 5.47. The van der Waals surface area contributed by atoms with Gasteiger partial charge in [0.25, 0.3) is 0 Å². The summed E-state index contributed by atoms with van der Waals surface area (Å²) in [6, 6.07) is 1.72. The Kier molecular flexibility index (Phi) is 2.39. The van der Waals surface area contributed by atoms with E-state index in [2.05, 4.69) is 23.1 Å². The number of fused-ring (bicyclic) bond motifs is 2. The number of aromatic nitrogens is 2. The molecule has 4 heteroatoms. The lowest BCUT2D eigenvalue weighted by Crippen LogP contribution is -2.47. The maximum Gasteiger partial charge on any atom is 0.0757 e. The maximum atomic E-state index is 6.08. The van der Waals surface area contributed by atoms with Gasteiger partial charge >= 0.3 is 0 Å². The van der Waals surface area contributed by atoms with Crippen molar-refractivity contribution in [1.82, 2.24) is 9.78 Å². The van der Waals surface area contributed by atoms with Gasteiger partial charge in [-0.25, -0.2) is 0 Å². The predicted molar refractivity (Wildman–Crippen MR) is 64.4 cm³/mol. The fourth-order valence-corrected chi connectivity index (χ4v) is 3.30. The largest absolute Gasteiger partial charge is 0.363 e. The molecule has 16 heavy (non-hydrogen) atoms. The molecule has 2 saturated heterocycles. The molecule has 3 rings (SSSR count). The summed E-state index contributed by atoms with van der Waals surface area (Å²) in [6.07, 6.45) is 9.07. The number of anilines is 1. The lowest BCUT2D eigenvalue weighted by atomic mass is 9.98. The molecule has 2 unspecified atom stereocenters. The third kappa shape index (κ3) is 1.52. The van der Waals surface area contributed by atoms with Crippen LogP contribution in [-0.4, -0.2) is 27.9 Å². The minimum atomic E-state index is 0.412. The minimum absolute atomic E-state index is 0.412. The molecule has 2 N–H and O–H groups in total. The summed E-state index contributed by atoms with van der Waals surface area (Å²) in [5.74, 6) is 0. The fourth-order valence-electron chi connectivity index (χ4n) is 3.30. The lowest BCUT2D eigenvalue weighted by Gasteiger charge is -2.38. The first kappa shape index (κ1) is 10.1. The molecule has 2 atom stereocenters. The van der Waals surface area contributed by atoms with Crippen molar-refractivity contribution in [2.45, 2.75) is 57.3 Å². The Morgan fingerprint density at radius 1 is 1.38 bits per heavy atom. The molecular formula is C12H20N4. The van der Waals surface area contributed by atoms with E-state index in [9.17, 15) is 0 Å². The Morgan fingerprint density at radius 2 is 2.06 bits per heavy atom. The molecule has 0 aromatic carbocycles. The van der Waals surface area contributed by atoms with Gasteiger partial charge in [-0.2, -0.15) is 5.10 Å². The lowest BCUT2D eigenvalue weighted by molar-refractivity contribution is 0.414. The summed E-state index contributed by atoms with van der Waals surface area (Å²) >= 11 is 0. The van der Waals surface area contributed by atoms with E-state index in [0.717, 1.165) is 19.4 Å². The van der Waals surface area contributed by atoms with Crippen LogP contribution in [0.5, 0.6) is 0 Å². The van der Waals surface area contributed by atoms with Gasteiger partial charge in [0.1, 0.15) is 0 Å². The van der Waals surface area contributed by atoms with E-state index in [1.54, 1.807) is 0 Å². The molecule has 1 aromatic heterocycles. The van der Waals surface area contributed by atoms with Gasteiger partial charge < -0.3 is 10.6 Å². The van der Waals surface area contributed by atoms with Gasteiger partial charge in [-0.3, -0.25) is 4.68 Å². The van der Waals surface area contributed by atoms with Gasteiger partial charge in [0.2, 0.25) is 0 Å². The van der Waals surface area contributed by atoms with E-state index >= 15 is 0 Å². The van der Waals surface area contributed by atoms with Crippen molar-refractivity contribution >= 4 is 5.69 Å². The van der Waals surface area contributed by atoms with Gasteiger partial charge in [0, 0.05) is 30.9 Å². The van der Waals surface area contributed by atoms with Gasteiger partial charge in [-0.05, 0) is 32.6 Å². The van der Waals surface area contributed by atoms with Crippen LogP contribution in [0, 0.1) is 0 Å². The number of hydrogen-bond donors (Lipinski definition) is 1. The van der Waals surface area contributed by atoms with E-state index in [0.29, 0.717) is 18.1 Å². The van der Waals surface area contributed by atoms with Crippen molar-refractivity contribution in [3.05, 3.63) is 12.4 Å². The van der Waals surface area contributed by atoms with Gasteiger partial charge in [0.15, 0.2) is 0 Å². The molecule has 2 aliphatic heterocycles. The fraction of sp³-hybridized carbons (Fsp3) is 0.750. The van der Waals surface area contributed by atoms with E-state index < -0.39 is 0 Å². The number of nitrogens with two attached hydrogens (primary N) is 1. The Labute approximate surface area is 96.4 Å². The zero-order chi connectivity index (χ0) is 11.1. The number of piperidine rings is 1. The van der Waals surface area contributed by atoms with E-state index in [1.165, 1.54) is 18.5 Å². The first-order valence-corrected chi connectivity index (χ1v) is 6.34. The summed E-state index contributed by atoms with van der Waals surface area (Å²) in [5, 5.41) is 4.37. The quantitative estimate of drug-likeness (QED) is 0.818. The van der Waals surface area contributed by atoms with Crippen molar-refractivity contribution in [3.8, 4) is 0 Å². The molecule has 4 nitrogen and oxygen atoms in total. The molecule has 1 aromatic rings. The van der Waals surface area contributed by atoms with Crippen LogP contribution in [0.15, 0.2) is 12.4 Å². The summed E-state index contributed by atoms with van der Waals surface area (Å²) in [6.45, 7) is 3.07. The second-order valence-corrected chi connectivity index (χ2v) is 5.08. The smallest absolute Gasteiger partial charge is 0.0757 e. The molecule has 0 saturated carbocycles. The highest BCUT2D eigenvalue weighted by Crippen LogP contribution is 2.38. The average Bonchev–Trinajstić information content (AvgIpc) is 2.81. The molecule has 0 radical (unpaired) electrons. The highest BCUT2D eigenvalue weighted by Gasteiger charge is 2.39. The van der Waals surface area contributed by atoms with Crippen LogP contribution < -0.4 is 10.6 Å². The predicted octanol–water partition coefficient (Wildman–Crippen LogP) is 1.36. The molecule has 0 aliphatic carbocycles. The van der Waals surface area contributed by atoms with Crippen LogP contribution in [0.3, 0.4) is 0 Å². The molecule has 2 bridgehead atoms. The summed E-state index contributed by atoms with van der Waals surface area (Å²) in [4.78, 5) is 2.56. The van der Waals surface area contributed by atoms with Crippen LogP contribution in [0.2, 0.25) is 0 Å². The average molecular weight is 220 g/mol. The van der Waals surface area contributed by atoms with Crippen molar-refractivity contribution in [1.29, 1.82) is 0 Å². The molecule has 0 spiro atoms. The number of aryl methyl sites for hydroxylation is 1. The van der Waals surface area contributed by atoms with Crippen LogP contribution in [0.25, 0.3) is 0 Å².